The summed E-state index contributed by atoms with van der Waals surface area (Å²) in [7, 11) is 0. The minimum absolute atomic E-state index is 0.224. The van der Waals surface area contributed by atoms with Gasteiger partial charge >= 0.3 is 0 Å². The third-order valence-corrected chi connectivity index (χ3v) is 2.69. The first-order valence-corrected chi connectivity index (χ1v) is 5.59. The zero-order valence-corrected chi connectivity index (χ0v) is 10.3. The van der Waals surface area contributed by atoms with Gasteiger partial charge in [-0.3, -0.25) is 4.79 Å². The van der Waals surface area contributed by atoms with Crippen molar-refractivity contribution in [1.29, 1.82) is 0 Å². The minimum atomic E-state index is -0.224. The Bertz CT molecular complexity index is 571. The Balaban J connectivity index is 2.01. The van der Waals surface area contributed by atoms with E-state index in [0.29, 0.717) is 5.56 Å². The first kappa shape index (κ1) is 12.1. The second-order valence-corrected chi connectivity index (χ2v) is 4.05. The summed E-state index contributed by atoms with van der Waals surface area (Å²) >= 11 is 0. The summed E-state index contributed by atoms with van der Waals surface area (Å²) in [4.78, 5) is 11.8. The Morgan fingerprint density at radius 1 is 1.28 bits per heavy atom. The average molecular weight is 242 g/mol. The number of aryl methyl sites for hydroxylation is 2. The van der Waals surface area contributed by atoms with E-state index in [1.54, 1.807) is 24.7 Å². The van der Waals surface area contributed by atoms with Crippen molar-refractivity contribution in [1.82, 2.24) is 5.43 Å². The molecule has 4 heteroatoms. The molecule has 0 aliphatic carbocycles. The second kappa shape index (κ2) is 5.31. The quantitative estimate of drug-likeness (QED) is 0.664. The molecular weight excluding hydrogens is 228 g/mol. The molecule has 0 saturated carbocycles. The lowest BCUT2D eigenvalue weighted by molar-refractivity contribution is 0.0955. The molecule has 0 aliphatic rings. The van der Waals surface area contributed by atoms with Gasteiger partial charge in [0, 0.05) is 11.1 Å². The van der Waals surface area contributed by atoms with E-state index < -0.39 is 0 Å². The van der Waals surface area contributed by atoms with Gasteiger partial charge in [-0.25, -0.2) is 5.43 Å². The van der Waals surface area contributed by atoms with Crippen molar-refractivity contribution in [3.63, 3.8) is 0 Å². The van der Waals surface area contributed by atoms with E-state index in [-0.39, 0.29) is 5.91 Å². The molecule has 92 valence electrons. The standard InChI is InChI=1S/C14H14N2O2/c1-10-3-4-13(7-11(10)2)14(17)16-15-8-12-5-6-18-9-12/h3-9H,1-2H3,(H,16,17). The highest BCUT2D eigenvalue weighted by Gasteiger charge is 2.04. The number of hydrogen-bond acceptors (Lipinski definition) is 3. The SMILES string of the molecule is Cc1ccc(C(=O)NN=Cc2ccoc2)cc1C. The second-order valence-electron chi connectivity index (χ2n) is 4.05. The monoisotopic (exact) mass is 242 g/mol. The van der Waals surface area contributed by atoms with Gasteiger partial charge in [0.15, 0.2) is 0 Å². The number of hydrazone groups is 1. The molecule has 1 aromatic heterocycles. The molecule has 1 aromatic carbocycles. The van der Waals surface area contributed by atoms with Crippen LogP contribution in [-0.4, -0.2) is 12.1 Å². The van der Waals surface area contributed by atoms with Gasteiger partial charge in [-0.05, 0) is 43.2 Å². The van der Waals surface area contributed by atoms with E-state index in [1.165, 1.54) is 6.21 Å². The molecule has 0 radical (unpaired) electrons. The van der Waals surface area contributed by atoms with E-state index in [0.717, 1.165) is 16.7 Å². The molecule has 0 aliphatic heterocycles. The van der Waals surface area contributed by atoms with Gasteiger partial charge in [-0.1, -0.05) is 6.07 Å². The number of hydrogen-bond donors (Lipinski definition) is 1. The molecular formula is C14H14N2O2. The number of carbonyl (C=O) groups is 1. The van der Waals surface area contributed by atoms with Gasteiger partial charge in [-0.2, -0.15) is 5.10 Å². The lowest BCUT2D eigenvalue weighted by Crippen LogP contribution is -2.17. The zero-order valence-electron chi connectivity index (χ0n) is 10.3. The fourth-order valence-corrected chi connectivity index (χ4v) is 1.46. The van der Waals surface area contributed by atoms with E-state index in [1.807, 2.05) is 26.0 Å². The normalized spacial score (nSPS) is 10.8. The molecule has 18 heavy (non-hydrogen) atoms. The fraction of sp³-hybridized carbons (Fsp3) is 0.143. The fourth-order valence-electron chi connectivity index (χ4n) is 1.46. The van der Waals surface area contributed by atoms with E-state index in [2.05, 4.69) is 10.5 Å². The Morgan fingerprint density at radius 3 is 2.78 bits per heavy atom. The maximum atomic E-state index is 11.8. The Morgan fingerprint density at radius 2 is 2.11 bits per heavy atom. The first-order valence-electron chi connectivity index (χ1n) is 5.59. The third kappa shape index (κ3) is 2.85. The number of rotatable bonds is 3. The van der Waals surface area contributed by atoms with Crippen molar-refractivity contribution >= 4 is 12.1 Å². The van der Waals surface area contributed by atoms with Crippen LogP contribution < -0.4 is 5.43 Å². The molecule has 2 rings (SSSR count). The highest BCUT2D eigenvalue weighted by atomic mass is 16.3. The van der Waals surface area contributed by atoms with Crippen LogP contribution >= 0.6 is 0 Å². The summed E-state index contributed by atoms with van der Waals surface area (Å²) in [5.41, 5.74) is 6.12. The van der Waals surface area contributed by atoms with Crippen molar-refractivity contribution in [2.24, 2.45) is 5.10 Å². The molecule has 0 spiro atoms. The van der Waals surface area contributed by atoms with Crippen molar-refractivity contribution in [2.75, 3.05) is 0 Å². The molecule has 0 bridgehead atoms. The predicted molar refractivity (Wildman–Crippen MR) is 69.7 cm³/mol. The smallest absolute Gasteiger partial charge is 0.271 e. The van der Waals surface area contributed by atoms with Crippen LogP contribution in [0.5, 0.6) is 0 Å². The molecule has 0 fully saturated rings. The topological polar surface area (TPSA) is 54.6 Å². The Hall–Kier alpha value is -2.36. The van der Waals surface area contributed by atoms with Gasteiger partial charge in [0.25, 0.3) is 5.91 Å². The van der Waals surface area contributed by atoms with Crippen LogP contribution in [0, 0.1) is 13.8 Å². The average Bonchev–Trinajstić information content (AvgIpc) is 2.85. The largest absolute Gasteiger partial charge is 0.472 e. The van der Waals surface area contributed by atoms with Crippen molar-refractivity contribution in [3.8, 4) is 0 Å². The van der Waals surface area contributed by atoms with E-state index in [4.69, 9.17) is 4.42 Å². The number of amides is 1. The van der Waals surface area contributed by atoms with Crippen LogP contribution in [0.25, 0.3) is 0 Å². The van der Waals surface area contributed by atoms with Crippen molar-refractivity contribution in [3.05, 3.63) is 59.0 Å². The van der Waals surface area contributed by atoms with Crippen molar-refractivity contribution < 1.29 is 9.21 Å². The van der Waals surface area contributed by atoms with Crippen LogP contribution in [0.4, 0.5) is 0 Å². The summed E-state index contributed by atoms with van der Waals surface area (Å²) < 4.78 is 4.88. The van der Waals surface area contributed by atoms with Gasteiger partial charge in [0.1, 0.15) is 0 Å². The number of nitrogens with zero attached hydrogens (tertiary/aromatic N) is 1. The van der Waals surface area contributed by atoms with Gasteiger partial charge in [0.2, 0.25) is 0 Å². The summed E-state index contributed by atoms with van der Waals surface area (Å²) in [6.45, 7) is 3.98. The highest BCUT2D eigenvalue weighted by molar-refractivity contribution is 5.95. The Labute approximate surface area is 105 Å². The number of furan rings is 1. The Kier molecular flexibility index (Phi) is 3.57. The molecule has 4 nitrogen and oxygen atoms in total. The summed E-state index contributed by atoms with van der Waals surface area (Å²) in [6.07, 6.45) is 4.63. The molecule has 2 aromatic rings. The maximum Gasteiger partial charge on any atom is 0.271 e. The van der Waals surface area contributed by atoms with Crippen LogP contribution in [0.15, 0.2) is 46.3 Å². The molecule has 1 heterocycles. The number of carbonyl (C=O) groups excluding carboxylic acids is 1. The number of benzene rings is 1. The van der Waals surface area contributed by atoms with Gasteiger partial charge < -0.3 is 4.42 Å². The minimum Gasteiger partial charge on any atom is -0.472 e. The third-order valence-electron chi connectivity index (χ3n) is 2.69. The van der Waals surface area contributed by atoms with Crippen LogP contribution in [0.3, 0.4) is 0 Å². The van der Waals surface area contributed by atoms with Crippen LogP contribution in [0.2, 0.25) is 0 Å². The predicted octanol–water partition coefficient (Wildman–Crippen LogP) is 2.66. The molecule has 1 N–H and O–H groups in total. The summed E-state index contributed by atoms with van der Waals surface area (Å²) in [5, 5.41) is 3.86. The zero-order chi connectivity index (χ0) is 13.0. The molecule has 0 saturated heterocycles. The molecule has 0 unspecified atom stereocenters. The molecule has 1 amide bonds. The van der Waals surface area contributed by atoms with Crippen LogP contribution in [0.1, 0.15) is 27.0 Å². The first-order chi connectivity index (χ1) is 8.66. The van der Waals surface area contributed by atoms with E-state index in [9.17, 15) is 4.79 Å². The van der Waals surface area contributed by atoms with Gasteiger partial charge in [-0.15, -0.1) is 0 Å². The van der Waals surface area contributed by atoms with E-state index >= 15 is 0 Å². The molecule has 0 atom stereocenters. The van der Waals surface area contributed by atoms with Gasteiger partial charge in [0.05, 0.1) is 18.7 Å². The number of nitrogens with one attached hydrogen (secondary N) is 1. The highest BCUT2D eigenvalue weighted by Crippen LogP contribution is 2.09. The van der Waals surface area contributed by atoms with Crippen molar-refractivity contribution in [2.45, 2.75) is 13.8 Å². The lowest BCUT2D eigenvalue weighted by Gasteiger charge is -2.03. The summed E-state index contributed by atoms with van der Waals surface area (Å²) in [6, 6.07) is 7.30. The summed E-state index contributed by atoms with van der Waals surface area (Å²) in [5.74, 6) is -0.224. The lowest BCUT2D eigenvalue weighted by atomic mass is 10.1. The van der Waals surface area contributed by atoms with Crippen LogP contribution in [-0.2, 0) is 0 Å². The maximum absolute atomic E-state index is 11.8.